The first kappa shape index (κ1) is 14.6. The van der Waals surface area contributed by atoms with Crippen LogP contribution in [0.4, 0.5) is 0 Å². The van der Waals surface area contributed by atoms with E-state index in [9.17, 15) is 9.00 Å². The van der Waals surface area contributed by atoms with Crippen LogP contribution in [0.5, 0.6) is 0 Å². The van der Waals surface area contributed by atoms with Crippen molar-refractivity contribution in [2.24, 2.45) is 0 Å². The fourth-order valence-electron chi connectivity index (χ4n) is 2.45. The van der Waals surface area contributed by atoms with E-state index in [-0.39, 0.29) is 24.2 Å². The fourth-order valence-corrected chi connectivity index (χ4v) is 3.29. The number of hydrogen-bond donors (Lipinski definition) is 1. The number of hydrogen-bond acceptors (Lipinski definition) is 3. The molecule has 1 N–H and O–H groups in total. The van der Waals surface area contributed by atoms with E-state index in [1.54, 1.807) is 6.26 Å². The van der Waals surface area contributed by atoms with E-state index in [0.29, 0.717) is 5.75 Å². The molecule has 0 aromatic rings. The molecule has 1 saturated heterocycles. The summed E-state index contributed by atoms with van der Waals surface area (Å²) in [7, 11) is -0.860. The number of nitrogens with one attached hydrogen (secondary N) is 1. The lowest BCUT2D eigenvalue weighted by Gasteiger charge is -2.29. The maximum Gasteiger partial charge on any atom is 0.241 e. The van der Waals surface area contributed by atoms with E-state index in [2.05, 4.69) is 12.2 Å². The van der Waals surface area contributed by atoms with Crippen molar-refractivity contribution >= 4 is 16.7 Å². The molecule has 4 unspecified atom stereocenters. The average molecular weight is 260 g/mol. The lowest BCUT2D eigenvalue weighted by Crippen LogP contribution is -2.45. The summed E-state index contributed by atoms with van der Waals surface area (Å²) in [6.07, 6.45) is 4.63. The van der Waals surface area contributed by atoms with Gasteiger partial charge in [0.1, 0.15) is 0 Å². The van der Waals surface area contributed by atoms with Crippen molar-refractivity contribution < 1.29 is 9.00 Å². The molecule has 0 aromatic carbocycles. The molecule has 0 aliphatic carbocycles. The van der Waals surface area contributed by atoms with Crippen LogP contribution >= 0.6 is 0 Å². The Morgan fingerprint density at radius 1 is 1.47 bits per heavy atom. The fraction of sp³-hybridized carbons (Fsp3) is 0.917. The van der Waals surface area contributed by atoms with Crippen molar-refractivity contribution in [3.8, 4) is 0 Å². The molecule has 0 radical (unpaired) electrons. The number of carbonyl (C=O) groups excluding carboxylic acids is 1. The third-order valence-corrected chi connectivity index (χ3v) is 4.15. The van der Waals surface area contributed by atoms with Gasteiger partial charge in [-0.2, -0.15) is 0 Å². The van der Waals surface area contributed by atoms with Gasteiger partial charge in [-0.05, 0) is 19.8 Å². The van der Waals surface area contributed by atoms with Gasteiger partial charge in [0.15, 0.2) is 0 Å². The molecule has 100 valence electrons. The SMILES string of the molecule is CCCC1NC(CC)C(=O)N1C(C)CS(C)=O. The van der Waals surface area contributed by atoms with Crippen molar-refractivity contribution in [1.29, 1.82) is 0 Å². The zero-order chi connectivity index (χ0) is 13.0. The molecule has 5 heteroatoms. The van der Waals surface area contributed by atoms with Gasteiger partial charge in [-0.15, -0.1) is 0 Å². The second-order valence-corrected chi connectivity index (χ2v) is 6.25. The van der Waals surface area contributed by atoms with Crippen molar-refractivity contribution in [3.05, 3.63) is 0 Å². The van der Waals surface area contributed by atoms with Gasteiger partial charge < -0.3 is 4.90 Å². The molecule has 1 aliphatic rings. The standard InChI is InChI=1S/C12H24N2O2S/c1-5-7-11-13-10(6-2)12(15)14(11)9(3)8-17(4)16/h9-11,13H,5-8H2,1-4H3. The second-order valence-electron chi connectivity index (χ2n) is 4.77. The van der Waals surface area contributed by atoms with E-state index in [1.165, 1.54) is 0 Å². The van der Waals surface area contributed by atoms with Crippen LogP contribution in [-0.4, -0.2) is 45.3 Å². The molecule has 1 aliphatic heterocycles. The van der Waals surface area contributed by atoms with Gasteiger partial charge >= 0.3 is 0 Å². The van der Waals surface area contributed by atoms with Gasteiger partial charge in [0.25, 0.3) is 0 Å². The minimum atomic E-state index is -0.860. The molecule has 17 heavy (non-hydrogen) atoms. The molecule has 4 atom stereocenters. The summed E-state index contributed by atoms with van der Waals surface area (Å²) in [5.74, 6) is 0.730. The summed E-state index contributed by atoms with van der Waals surface area (Å²) in [5, 5.41) is 3.37. The smallest absolute Gasteiger partial charge is 0.241 e. The summed E-state index contributed by atoms with van der Waals surface area (Å²) in [6, 6.07) is -0.00627. The van der Waals surface area contributed by atoms with Gasteiger partial charge in [0.2, 0.25) is 5.91 Å². The van der Waals surface area contributed by atoms with Crippen LogP contribution in [0.15, 0.2) is 0 Å². The van der Waals surface area contributed by atoms with Crippen LogP contribution in [0, 0.1) is 0 Å². The van der Waals surface area contributed by atoms with E-state index in [4.69, 9.17) is 0 Å². The number of rotatable bonds is 6. The summed E-state index contributed by atoms with van der Waals surface area (Å²) in [6.45, 7) is 6.12. The summed E-state index contributed by atoms with van der Waals surface area (Å²) in [4.78, 5) is 14.1. The van der Waals surface area contributed by atoms with Crippen LogP contribution in [0.2, 0.25) is 0 Å². The van der Waals surface area contributed by atoms with Gasteiger partial charge in [0, 0.05) is 28.9 Å². The largest absolute Gasteiger partial charge is 0.322 e. The Kier molecular flexibility index (Phi) is 5.59. The summed E-state index contributed by atoms with van der Waals surface area (Å²) < 4.78 is 11.3. The van der Waals surface area contributed by atoms with E-state index in [0.717, 1.165) is 19.3 Å². The maximum absolute atomic E-state index is 12.2. The molecule has 0 bridgehead atoms. The van der Waals surface area contributed by atoms with E-state index in [1.807, 2.05) is 18.7 Å². The average Bonchev–Trinajstić information content (AvgIpc) is 2.54. The predicted octanol–water partition coefficient (Wildman–Crippen LogP) is 1.09. The zero-order valence-corrected chi connectivity index (χ0v) is 12.0. The number of nitrogens with zero attached hydrogens (tertiary/aromatic N) is 1. The van der Waals surface area contributed by atoms with E-state index < -0.39 is 10.8 Å². The predicted molar refractivity (Wildman–Crippen MR) is 71.2 cm³/mol. The molecule has 1 heterocycles. The third kappa shape index (κ3) is 3.52. The van der Waals surface area contributed by atoms with Crippen molar-refractivity contribution in [2.75, 3.05) is 12.0 Å². The molecule has 4 nitrogen and oxygen atoms in total. The number of carbonyl (C=O) groups is 1. The van der Waals surface area contributed by atoms with Gasteiger partial charge in [-0.1, -0.05) is 20.3 Å². The Morgan fingerprint density at radius 2 is 2.12 bits per heavy atom. The first-order chi connectivity index (χ1) is 8.01. The van der Waals surface area contributed by atoms with Crippen LogP contribution in [0.25, 0.3) is 0 Å². The highest BCUT2D eigenvalue weighted by molar-refractivity contribution is 7.84. The Bertz CT molecular complexity index is 296. The first-order valence-corrected chi connectivity index (χ1v) is 8.12. The Hall–Kier alpha value is -0.420. The highest BCUT2D eigenvalue weighted by Crippen LogP contribution is 2.20. The van der Waals surface area contributed by atoms with Crippen molar-refractivity contribution in [1.82, 2.24) is 10.2 Å². The lowest BCUT2D eigenvalue weighted by molar-refractivity contribution is -0.131. The van der Waals surface area contributed by atoms with Crippen LogP contribution < -0.4 is 5.32 Å². The summed E-state index contributed by atoms with van der Waals surface area (Å²) >= 11 is 0. The minimum Gasteiger partial charge on any atom is -0.322 e. The van der Waals surface area contributed by atoms with Crippen LogP contribution in [0.3, 0.4) is 0 Å². The molecule has 0 saturated carbocycles. The lowest BCUT2D eigenvalue weighted by atomic mass is 10.2. The Labute approximate surface area is 107 Å². The molecular weight excluding hydrogens is 236 g/mol. The topological polar surface area (TPSA) is 49.4 Å². The highest BCUT2D eigenvalue weighted by atomic mass is 32.2. The molecule has 0 aromatic heterocycles. The minimum absolute atomic E-state index is 0.0499. The highest BCUT2D eigenvalue weighted by Gasteiger charge is 2.39. The normalized spacial score (nSPS) is 28.5. The van der Waals surface area contributed by atoms with Gasteiger partial charge in [-0.3, -0.25) is 14.3 Å². The molecule has 1 rings (SSSR count). The van der Waals surface area contributed by atoms with Crippen LogP contribution in [0.1, 0.15) is 40.0 Å². The third-order valence-electron chi connectivity index (χ3n) is 3.20. The quantitative estimate of drug-likeness (QED) is 0.778. The zero-order valence-electron chi connectivity index (χ0n) is 11.2. The van der Waals surface area contributed by atoms with Gasteiger partial charge in [-0.25, -0.2) is 0 Å². The first-order valence-electron chi connectivity index (χ1n) is 6.39. The number of amides is 1. The Balaban J connectivity index is 2.76. The molecule has 1 fully saturated rings. The second kappa shape index (κ2) is 6.50. The molecule has 1 amide bonds. The van der Waals surface area contributed by atoms with E-state index >= 15 is 0 Å². The molecule has 0 spiro atoms. The summed E-state index contributed by atoms with van der Waals surface area (Å²) in [5.41, 5.74) is 0. The molecular formula is C12H24N2O2S. The van der Waals surface area contributed by atoms with Crippen molar-refractivity contribution in [2.45, 2.75) is 58.3 Å². The van der Waals surface area contributed by atoms with Crippen LogP contribution in [-0.2, 0) is 15.6 Å². The maximum atomic E-state index is 12.2. The monoisotopic (exact) mass is 260 g/mol. The van der Waals surface area contributed by atoms with Crippen molar-refractivity contribution in [3.63, 3.8) is 0 Å². The van der Waals surface area contributed by atoms with Gasteiger partial charge in [0.05, 0.1) is 12.2 Å². The Morgan fingerprint density at radius 3 is 2.59 bits per heavy atom.